The van der Waals surface area contributed by atoms with Crippen LogP contribution in [0.3, 0.4) is 0 Å². The number of hydrogen-bond donors (Lipinski definition) is 0. The zero-order valence-corrected chi connectivity index (χ0v) is 8.78. The van der Waals surface area contributed by atoms with Gasteiger partial charge >= 0.3 is 6.18 Å². The first-order chi connectivity index (χ1) is 6.95. The van der Waals surface area contributed by atoms with Gasteiger partial charge in [-0.15, -0.1) is 0 Å². The second kappa shape index (κ2) is 4.37. The van der Waals surface area contributed by atoms with Crippen molar-refractivity contribution in [2.75, 3.05) is 0 Å². The summed E-state index contributed by atoms with van der Waals surface area (Å²) < 4.78 is 37.3. The van der Waals surface area contributed by atoms with Gasteiger partial charge in [0, 0.05) is 16.0 Å². The van der Waals surface area contributed by atoms with Crippen LogP contribution in [0.4, 0.5) is 13.2 Å². The molecule has 5 heteroatoms. The number of rotatable bonds is 0. The highest BCUT2D eigenvalue weighted by Crippen LogP contribution is 2.31. The van der Waals surface area contributed by atoms with Gasteiger partial charge in [-0.05, 0) is 40.0 Å². The minimum atomic E-state index is -4.40. The van der Waals surface area contributed by atoms with Crippen LogP contribution in [0.15, 0.2) is 22.7 Å². The molecule has 0 saturated heterocycles. The van der Waals surface area contributed by atoms with Crippen LogP contribution in [0.2, 0.25) is 0 Å². The van der Waals surface area contributed by atoms with Crippen molar-refractivity contribution in [3.63, 3.8) is 0 Å². The van der Waals surface area contributed by atoms with Gasteiger partial charge in [0.15, 0.2) is 6.07 Å². The Morgan fingerprint density at radius 2 is 1.93 bits per heavy atom. The quantitative estimate of drug-likeness (QED) is 0.665. The molecule has 1 rings (SSSR count). The maximum atomic E-state index is 12.3. The van der Waals surface area contributed by atoms with Crippen molar-refractivity contribution in [1.29, 1.82) is 5.26 Å². The molecule has 0 aromatic heterocycles. The summed E-state index contributed by atoms with van der Waals surface area (Å²) in [7, 11) is 0. The summed E-state index contributed by atoms with van der Waals surface area (Å²) in [5, 5.41) is 8.19. The molecule has 0 fully saturated rings. The minimum absolute atomic E-state index is 0.145. The maximum Gasteiger partial charge on any atom is 0.416 e. The van der Waals surface area contributed by atoms with Gasteiger partial charge in [0.2, 0.25) is 0 Å². The zero-order valence-electron chi connectivity index (χ0n) is 7.19. The average Bonchev–Trinajstić information content (AvgIpc) is 2.15. The maximum absolute atomic E-state index is 12.3. The van der Waals surface area contributed by atoms with Gasteiger partial charge in [-0.2, -0.15) is 18.4 Å². The standard InChI is InChI=1S/C10H3BrF3N/c11-9-4-3-8(10(12,13)14)6-7(9)2-1-5-15/h3-4,6H. The van der Waals surface area contributed by atoms with E-state index in [-0.39, 0.29) is 5.56 Å². The van der Waals surface area contributed by atoms with Crippen LogP contribution in [-0.4, -0.2) is 0 Å². The fraction of sp³-hybridized carbons (Fsp3) is 0.100. The molecule has 0 aliphatic carbocycles. The van der Waals surface area contributed by atoms with E-state index < -0.39 is 11.7 Å². The summed E-state index contributed by atoms with van der Waals surface area (Å²) in [6.07, 6.45) is -4.40. The predicted octanol–water partition coefficient (Wildman–Crippen LogP) is 3.34. The topological polar surface area (TPSA) is 23.8 Å². The summed E-state index contributed by atoms with van der Waals surface area (Å²) in [6, 6.07) is 4.64. The van der Waals surface area contributed by atoms with E-state index in [1.54, 1.807) is 0 Å². The van der Waals surface area contributed by atoms with Crippen molar-refractivity contribution in [1.82, 2.24) is 0 Å². The Morgan fingerprint density at radius 3 is 2.47 bits per heavy atom. The van der Waals surface area contributed by atoms with Gasteiger partial charge < -0.3 is 0 Å². The Labute approximate surface area is 92.6 Å². The first-order valence-electron chi connectivity index (χ1n) is 3.72. The zero-order chi connectivity index (χ0) is 11.5. The summed E-state index contributed by atoms with van der Waals surface area (Å²) >= 11 is 3.05. The lowest BCUT2D eigenvalue weighted by molar-refractivity contribution is -0.137. The number of benzene rings is 1. The molecule has 0 saturated carbocycles. The molecule has 0 aliphatic heterocycles. The molecule has 1 nitrogen and oxygen atoms in total. The summed E-state index contributed by atoms with van der Waals surface area (Å²) in [6.45, 7) is 0. The summed E-state index contributed by atoms with van der Waals surface area (Å²) in [5.41, 5.74) is -0.640. The van der Waals surface area contributed by atoms with E-state index in [2.05, 4.69) is 21.9 Å². The largest absolute Gasteiger partial charge is 0.416 e. The van der Waals surface area contributed by atoms with Crippen molar-refractivity contribution in [2.45, 2.75) is 6.18 Å². The molecular formula is C10H3BrF3N. The molecule has 15 heavy (non-hydrogen) atoms. The van der Waals surface area contributed by atoms with Crippen LogP contribution in [0.1, 0.15) is 11.1 Å². The highest BCUT2D eigenvalue weighted by atomic mass is 79.9. The Balaban J connectivity index is 3.24. The van der Waals surface area contributed by atoms with Gasteiger partial charge in [-0.25, -0.2) is 0 Å². The molecule has 0 amide bonds. The Kier molecular flexibility index (Phi) is 3.39. The van der Waals surface area contributed by atoms with Crippen molar-refractivity contribution < 1.29 is 13.2 Å². The Hall–Kier alpha value is -1.46. The van der Waals surface area contributed by atoms with E-state index >= 15 is 0 Å². The Bertz CT molecular complexity index is 474. The third kappa shape index (κ3) is 3.00. The van der Waals surface area contributed by atoms with Crippen molar-refractivity contribution >= 4 is 15.9 Å². The molecule has 0 heterocycles. The normalized spacial score (nSPS) is 10.1. The van der Waals surface area contributed by atoms with E-state index in [0.29, 0.717) is 4.47 Å². The third-order valence-electron chi connectivity index (χ3n) is 1.55. The molecule has 0 spiro atoms. The van der Waals surface area contributed by atoms with Crippen LogP contribution < -0.4 is 0 Å². The highest BCUT2D eigenvalue weighted by molar-refractivity contribution is 9.10. The van der Waals surface area contributed by atoms with E-state index in [1.807, 2.05) is 5.92 Å². The fourth-order valence-corrected chi connectivity index (χ4v) is 1.24. The second-order valence-corrected chi connectivity index (χ2v) is 3.41. The van der Waals surface area contributed by atoms with Gasteiger partial charge in [0.25, 0.3) is 0 Å². The molecular weight excluding hydrogens is 271 g/mol. The minimum Gasteiger partial charge on any atom is -0.183 e. The number of alkyl halides is 3. The van der Waals surface area contributed by atoms with E-state index in [0.717, 1.165) is 12.1 Å². The SMILES string of the molecule is N#CC#Cc1cc(C(F)(F)F)ccc1Br. The second-order valence-electron chi connectivity index (χ2n) is 2.55. The number of nitriles is 1. The lowest BCUT2D eigenvalue weighted by Gasteiger charge is -2.07. The van der Waals surface area contributed by atoms with E-state index in [4.69, 9.17) is 5.26 Å². The van der Waals surface area contributed by atoms with Crippen molar-refractivity contribution in [2.24, 2.45) is 0 Å². The van der Waals surface area contributed by atoms with Crippen LogP contribution in [0.5, 0.6) is 0 Å². The molecule has 76 valence electrons. The number of hydrogen-bond acceptors (Lipinski definition) is 1. The molecule has 1 aromatic rings. The van der Waals surface area contributed by atoms with Crippen molar-refractivity contribution in [3.8, 4) is 17.9 Å². The number of nitrogens with zero attached hydrogens (tertiary/aromatic N) is 1. The fourth-order valence-electron chi connectivity index (χ4n) is 0.893. The molecule has 0 unspecified atom stereocenters. The predicted molar refractivity (Wildman–Crippen MR) is 51.6 cm³/mol. The van der Waals surface area contributed by atoms with E-state index in [1.165, 1.54) is 12.1 Å². The molecule has 0 aliphatic rings. The highest BCUT2D eigenvalue weighted by Gasteiger charge is 2.30. The van der Waals surface area contributed by atoms with Gasteiger partial charge in [-0.3, -0.25) is 0 Å². The van der Waals surface area contributed by atoms with Gasteiger partial charge in [0.05, 0.1) is 5.56 Å². The van der Waals surface area contributed by atoms with Crippen LogP contribution in [-0.2, 0) is 6.18 Å². The van der Waals surface area contributed by atoms with Crippen molar-refractivity contribution in [3.05, 3.63) is 33.8 Å². The lowest BCUT2D eigenvalue weighted by atomic mass is 10.1. The first-order valence-corrected chi connectivity index (χ1v) is 4.51. The summed E-state index contributed by atoms with van der Waals surface area (Å²) in [4.78, 5) is 0. The monoisotopic (exact) mass is 273 g/mol. The molecule has 1 aromatic carbocycles. The van der Waals surface area contributed by atoms with Crippen LogP contribution in [0.25, 0.3) is 0 Å². The number of halogens is 4. The third-order valence-corrected chi connectivity index (χ3v) is 2.24. The average molecular weight is 274 g/mol. The van der Waals surface area contributed by atoms with Gasteiger partial charge in [-0.1, -0.05) is 0 Å². The summed E-state index contributed by atoms with van der Waals surface area (Å²) in [5.74, 6) is 4.36. The molecule has 0 bridgehead atoms. The van der Waals surface area contributed by atoms with Gasteiger partial charge in [0.1, 0.15) is 0 Å². The molecule has 0 N–H and O–H groups in total. The lowest BCUT2D eigenvalue weighted by Crippen LogP contribution is -2.04. The smallest absolute Gasteiger partial charge is 0.183 e. The van der Waals surface area contributed by atoms with Crippen LogP contribution >= 0.6 is 15.9 Å². The van der Waals surface area contributed by atoms with E-state index in [9.17, 15) is 13.2 Å². The Morgan fingerprint density at radius 1 is 1.27 bits per heavy atom. The molecule has 0 atom stereocenters. The molecule has 0 radical (unpaired) electrons. The van der Waals surface area contributed by atoms with Crippen LogP contribution in [0, 0.1) is 23.2 Å². The first kappa shape index (κ1) is 11.6.